The van der Waals surface area contributed by atoms with E-state index < -0.39 is 0 Å². The summed E-state index contributed by atoms with van der Waals surface area (Å²) < 4.78 is 0. The van der Waals surface area contributed by atoms with Crippen molar-refractivity contribution in [1.29, 1.82) is 0 Å². The van der Waals surface area contributed by atoms with E-state index in [-0.39, 0.29) is 11.8 Å². The van der Waals surface area contributed by atoms with E-state index in [0.717, 1.165) is 28.7 Å². The fourth-order valence-electron chi connectivity index (χ4n) is 2.93. The van der Waals surface area contributed by atoms with Crippen LogP contribution in [0.1, 0.15) is 33.4 Å². The molecule has 0 amide bonds. The van der Waals surface area contributed by atoms with Crippen molar-refractivity contribution in [3.05, 3.63) is 57.4 Å². The van der Waals surface area contributed by atoms with Gasteiger partial charge in [-0.15, -0.1) is 11.3 Å². The third-order valence-corrected chi connectivity index (χ3v) is 5.55. The largest absolute Gasteiger partial charge is 0.358 e. The molecule has 1 aromatic carbocycles. The minimum absolute atomic E-state index is 0.158. The molecular formula is C19H22N2OS. The molecule has 120 valence electrons. The molecule has 4 heteroatoms. The van der Waals surface area contributed by atoms with Crippen molar-refractivity contribution in [2.75, 3.05) is 7.05 Å². The summed E-state index contributed by atoms with van der Waals surface area (Å²) in [6.07, 6.45) is 0. The van der Waals surface area contributed by atoms with Gasteiger partial charge in [-0.25, -0.2) is 0 Å². The van der Waals surface area contributed by atoms with E-state index in [2.05, 4.69) is 28.3 Å². The molecule has 1 atom stereocenters. The van der Waals surface area contributed by atoms with Crippen LogP contribution in [-0.4, -0.2) is 28.8 Å². The first-order valence-corrected chi connectivity index (χ1v) is 8.71. The van der Waals surface area contributed by atoms with Gasteiger partial charge in [-0.3, -0.25) is 9.69 Å². The second kappa shape index (κ2) is 6.30. The highest BCUT2D eigenvalue weighted by Crippen LogP contribution is 2.25. The predicted octanol–water partition coefficient (Wildman–Crippen LogP) is 4.55. The highest BCUT2D eigenvalue weighted by Gasteiger charge is 2.24. The van der Waals surface area contributed by atoms with E-state index in [1.54, 1.807) is 11.3 Å². The number of hydrogen-bond acceptors (Lipinski definition) is 3. The van der Waals surface area contributed by atoms with Gasteiger partial charge in [-0.1, -0.05) is 18.2 Å². The second-order valence-electron chi connectivity index (χ2n) is 6.15. The van der Waals surface area contributed by atoms with Crippen molar-refractivity contribution in [1.82, 2.24) is 9.88 Å². The maximum absolute atomic E-state index is 13.0. The summed E-state index contributed by atoms with van der Waals surface area (Å²) in [4.78, 5) is 19.8. The van der Waals surface area contributed by atoms with Gasteiger partial charge < -0.3 is 4.98 Å². The standard InChI is InChI=1S/C19H22N2OS/c1-12-9-10-23-17(12)11-21(4)14(3)19(22)18-13(2)20-16-8-6-5-7-15(16)18/h5-10,14,20H,11H2,1-4H3/t14-/m0/s1. The zero-order valence-electron chi connectivity index (χ0n) is 14.0. The number of fused-ring (bicyclic) bond motifs is 1. The van der Waals surface area contributed by atoms with Gasteiger partial charge >= 0.3 is 0 Å². The zero-order chi connectivity index (χ0) is 16.6. The summed E-state index contributed by atoms with van der Waals surface area (Å²) in [5, 5.41) is 3.12. The number of aromatic nitrogens is 1. The Bertz CT molecular complexity index is 846. The molecular weight excluding hydrogens is 304 g/mol. The van der Waals surface area contributed by atoms with E-state index >= 15 is 0 Å². The number of Topliss-reactive ketones (excluding diaryl/α,β-unsaturated/α-hetero) is 1. The Morgan fingerprint density at radius 2 is 2.00 bits per heavy atom. The Labute approximate surface area is 140 Å². The van der Waals surface area contributed by atoms with E-state index in [0.29, 0.717) is 0 Å². The Morgan fingerprint density at radius 3 is 2.70 bits per heavy atom. The molecule has 0 aliphatic carbocycles. The number of H-pyrrole nitrogens is 1. The highest BCUT2D eigenvalue weighted by atomic mass is 32.1. The maximum atomic E-state index is 13.0. The smallest absolute Gasteiger partial charge is 0.182 e. The minimum atomic E-state index is -0.158. The molecule has 0 aliphatic rings. The van der Waals surface area contributed by atoms with Gasteiger partial charge in [-0.05, 0) is 50.9 Å². The highest BCUT2D eigenvalue weighted by molar-refractivity contribution is 7.10. The molecule has 0 saturated carbocycles. The average Bonchev–Trinajstić information content (AvgIpc) is 3.08. The van der Waals surface area contributed by atoms with Crippen molar-refractivity contribution in [2.45, 2.75) is 33.4 Å². The Morgan fingerprint density at radius 1 is 1.26 bits per heavy atom. The van der Waals surface area contributed by atoms with Gasteiger partial charge in [0.25, 0.3) is 0 Å². The molecule has 23 heavy (non-hydrogen) atoms. The normalized spacial score (nSPS) is 12.9. The summed E-state index contributed by atoms with van der Waals surface area (Å²) in [6.45, 7) is 6.89. The summed E-state index contributed by atoms with van der Waals surface area (Å²) in [6, 6.07) is 9.97. The van der Waals surface area contributed by atoms with Gasteiger partial charge in [0.05, 0.1) is 6.04 Å². The molecule has 0 unspecified atom stereocenters. The van der Waals surface area contributed by atoms with E-state index in [4.69, 9.17) is 0 Å². The van der Waals surface area contributed by atoms with Crippen LogP contribution >= 0.6 is 11.3 Å². The molecule has 0 spiro atoms. The number of aryl methyl sites for hydroxylation is 2. The number of benzene rings is 1. The van der Waals surface area contributed by atoms with E-state index in [1.807, 2.05) is 45.2 Å². The van der Waals surface area contributed by atoms with Gasteiger partial charge in [0.2, 0.25) is 0 Å². The zero-order valence-corrected chi connectivity index (χ0v) is 14.8. The summed E-state index contributed by atoms with van der Waals surface area (Å²) in [5.74, 6) is 0.177. The van der Waals surface area contributed by atoms with Gasteiger partial charge in [0, 0.05) is 33.6 Å². The lowest BCUT2D eigenvalue weighted by Crippen LogP contribution is -2.35. The number of nitrogens with zero attached hydrogens (tertiary/aromatic N) is 1. The quantitative estimate of drug-likeness (QED) is 0.698. The number of para-hydroxylation sites is 1. The third kappa shape index (κ3) is 2.96. The lowest BCUT2D eigenvalue weighted by molar-refractivity contribution is 0.0864. The van der Waals surface area contributed by atoms with Crippen LogP contribution in [0.15, 0.2) is 35.7 Å². The van der Waals surface area contributed by atoms with Gasteiger partial charge in [-0.2, -0.15) is 0 Å². The fourth-order valence-corrected chi connectivity index (χ4v) is 3.90. The summed E-state index contributed by atoms with van der Waals surface area (Å²) >= 11 is 1.75. The maximum Gasteiger partial charge on any atom is 0.182 e. The monoisotopic (exact) mass is 326 g/mol. The van der Waals surface area contributed by atoms with Crippen LogP contribution in [0.2, 0.25) is 0 Å². The van der Waals surface area contributed by atoms with Crippen molar-refractivity contribution in [2.24, 2.45) is 0 Å². The molecule has 0 bridgehead atoms. The van der Waals surface area contributed by atoms with Crippen LogP contribution < -0.4 is 0 Å². The molecule has 2 aromatic heterocycles. The van der Waals surface area contributed by atoms with Crippen LogP contribution in [0.25, 0.3) is 10.9 Å². The number of ketones is 1. The number of carbonyl (C=O) groups excluding carboxylic acids is 1. The molecule has 0 fully saturated rings. The van der Waals surface area contributed by atoms with Crippen molar-refractivity contribution in [3.63, 3.8) is 0 Å². The predicted molar refractivity (Wildman–Crippen MR) is 97.4 cm³/mol. The Hall–Kier alpha value is -1.91. The van der Waals surface area contributed by atoms with Crippen LogP contribution in [0, 0.1) is 13.8 Å². The number of nitrogens with one attached hydrogen (secondary N) is 1. The van der Waals surface area contributed by atoms with E-state index in [9.17, 15) is 4.79 Å². The number of thiophene rings is 1. The number of likely N-dealkylation sites (N-methyl/N-ethyl adjacent to an activating group) is 1. The van der Waals surface area contributed by atoms with Gasteiger partial charge in [0.15, 0.2) is 5.78 Å². The molecule has 3 nitrogen and oxygen atoms in total. The Balaban J connectivity index is 1.86. The first-order chi connectivity index (χ1) is 11.0. The van der Waals surface area contributed by atoms with Crippen LogP contribution in [0.4, 0.5) is 0 Å². The fraction of sp³-hybridized carbons (Fsp3) is 0.316. The number of carbonyl (C=O) groups is 1. The average molecular weight is 326 g/mol. The van der Waals surface area contributed by atoms with Crippen LogP contribution in [-0.2, 0) is 6.54 Å². The Kier molecular flexibility index (Phi) is 4.37. The number of rotatable bonds is 5. The molecule has 0 aliphatic heterocycles. The topological polar surface area (TPSA) is 36.1 Å². The third-order valence-electron chi connectivity index (χ3n) is 4.54. The number of aromatic amines is 1. The molecule has 2 heterocycles. The molecule has 0 saturated heterocycles. The number of hydrogen-bond donors (Lipinski definition) is 1. The SMILES string of the molecule is Cc1ccsc1CN(C)[C@@H](C)C(=O)c1c(C)[nH]c2ccccc12. The summed E-state index contributed by atoms with van der Waals surface area (Å²) in [5.41, 5.74) is 4.09. The molecule has 3 aromatic rings. The van der Waals surface area contributed by atoms with Crippen molar-refractivity contribution >= 4 is 28.0 Å². The first kappa shape index (κ1) is 16.0. The lowest BCUT2D eigenvalue weighted by Gasteiger charge is -2.23. The minimum Gasteiger partial charge on any atom is -0.358 e. The molecule has 1 N–H and O–H groups in total. The van der Waals surface area contributed by atoms with Gasteiger partial charge in [0.1, 0.15) is 0 Å². The molecule has 3 rings (SSSR count). The van der Waals surface area contributed by atoms with Crippen molar-refractivity contribution in [3.8, 4) is 0 Å². The lowest BCUT2D eigenvalue weighted by atomic mass is 10.0. The summed E-state index contributed by atoms with van der Waals surface area (Å²) in [7, 11) is 2.02. The van der Waals surface area contributed by atoms with Crippen LogP contribution in [0.5, 0.6) is 0 Å². The van der Waals surface area contributed by atoms with E-state index in [1.165, 1.54) is 10.4 Å². The van der Waals surface area contributed by atoms with Crippen LogP contribution in [0.3, 0.4) is 0 Å². The van der Waals surface area contributed by atoms with Crippen molar-refractivity contribution < 1.29 is 4.79 Å². The second-order valence-corrected chi connectivity index (χ2v) is 7.15. The first-order valence-electron chi connectivity index (χ1n) is 7.83. The molecule has 0 radical (unpaired) electrons.